The maximum Gasteiger partial charge on any atom is 0.0937 e. The Bertz CT molecular complexity index is 535. The van der Waals surface area contributed by atoms with Gasteiger partial charge in [0, 0.05) is 38.6 Å². The zero-order valence-corrected chi connectivity index (χ0v) is 15.2. The van der Waals surface area contributed by atoms with Gasteiger partial charge in [0.2, 0.25) is 0 Å². The Hall–Kier alpha value is 0.1000. The summed E-state index contributed by atoms with van der Waals surface area (Å²) in [7, 11) is 0. The van der Waals surface area contributed by atoms with E-state index in [1.54, 1.807) is 11.3 Å². The van der Waals surface area contributed by atoms with Crippen molar-refractivity contribution in [3.8, 4) is 0 Å². The highest BCUT2D eigenvalue weighted by Crippen LogP contribution is 2.34. The quantitative estimate of drug-likeness (QED) is 0.589. The summed E-state index contributed by atoms with van der Waals surface area (Å²) in [6.45, 7) is 2.03. The van der Waals surface area contributed by atoms with Crippen LogP contribution in [0.3, 0.4) is 0 Å². The van der Waals surface area contributed by atoms with Crippen molar-refractivity contribution in [2.75, 3.05) is 10.7 Å². The van der Waals surface area contributed by atoms with Gasteiger partial charge >= 0.3 is 0 Å². The molecular weight excluding hydrogens is 409 g/mol. The van der Waals surface area contributed by atoms with E-state index in [9.17, 15) is 0 Å². The number of halogens is 3. The van der Waals surface area contributed by atoms with Gasteiger partial charge in [0.15, 0.2) is 0 Å². The fourth-order valence-corrected chi connectivity index (χ4v) is 4.98. The van der Waals surface area contributed by atoms with E-state index >= 15 is 0 Å². The van der Waals surface area contributed by atoms with E-state index in [2.05, 4.69) is 54.4 Å². The normalized spacial score (nSPS) is 11.8. The van der Waals surface area contributed by atoms with E-state index in [1.165, 1.54) is 10.6 Å². The molecule has 0 bridgehead atoms. The van der Waals surface area contributed by atoms with Gasteiger partial charge < -0.3 is 0 Å². The van der Waals surface area contributed by atoms with Gasteiger partial charge in [-0.15, -0.1) is 11.3 Å². The van der Waals surface area contributed by atoms with Crippen molar-refractivity contribution in [1.82, 2.24) is 4.98 Å². The maximum absolute atomic E-state index is 5.98. The molecule has 102 valence electrons. The van der Waals surface area contributed by atoms with Gasteiger partial charge in [-0.1, -0.05) is 55.6 Å². The zero-order chi connectivity index (χ0) is 13.9. The predicted octanol–water partition coefficient (Wildman–Crippen LogP) is 5.38. The van der Waals surface area contributed by atoms with E-state index in [0.29, 0.717) is 0 Å². The van der Waals surface area contributed by atoms with Crippen LogP contribution in [0.4, 0.5) is 0 Å². The van der Waals surface area contributed by atoms with Crippen LogP contribution in [0.1, 0.15) is 16.3 Å². The lowest BCUT2D eigenvalue weighted by atomic mass is 9.81. The molecule has 1 nitrogen and oxygen atoms in total. The molecule has 2 rings (SSSR count). The lowest BCUT2D eigenvalue weighted by molar-refractivity contribution is 0.549. The second kappa shape index (κ2) is 6.70. The summed E-state index contributed by atoms with van der Waals surface area (Å²) in [6, 6.07) is 8.10. The third-order valence-corrected chi connectivity index (χ3v) is 6.49. The second-order valence-corrected chi connectivity index (χ2v) is 7.11. The number of benzene rings is 1. The first-order valence-electron chi connectivity index (χ1n) is 5.88. The monoisotopic (exact) mass is 421 g/mol. The summed E-state index contributed by atoms with van der Waals surface area (Å²) in [5.74, 6) is 0. The summed E-state index contributed by atoms with van der Waals surface area (Å²) in [5.41, 5.74) is 2.38. The largest absolute Gasteiger partial charge is 0.247 e. The predicted molar refractivity (Wildman–Crippen MR) is 91.3 cm³/mol. The first kappa shape index (κ1) is 15.5. The number of hydrogen-bond donors (Lipinski definition) is 0. The van der Waals surface area contributed by atoms with E-state index in [4.69, 9.17) is 11.6 Å². The Kier molecular flexibility index (Phi) is 5.46. The molecule has 1 aromatic heterocycles. The van der Waals surface area contributed by atoms with Gasteiger partial charge in [-0.05, 0) is 24.6 Å². The number of rotatable bonds is 5. The van der Waals surface area contributed by atoms with Gasteiger partial charge in [0.05, 0.1) is 5.01 Å². The second-order valence-electron chi connectivity index (χ2n) is 4.61. The molecule has 0 fully saturated rings. The number of nitrogens with zero attached hydrogens (tertiary/aromatic N) is 1. The lowest BCUT2D eigenvalue weighted by Gasteiger charge is -2.30. The smallest absolute Gasteiger partial charge is 0.0937 e. The van der Waals surface area contributed by atoms with Crippen LogP contribution in [0, 0.1) is 6.92 Å². The van der Waals surface area contributed by atoms with Gasteiger partial charge in [-0.2, -0.15) is 0 Å². The van der Waals surface area contributed by atoms with Crippen LogP contribution >= 0.6 is 54.8 Å². The third kappa shape index (κ3) is 3.60. The standard InChI is InChI=1S/C14H14Br2ClNS/c1-10-7-19-13(18-10)6-14(8-15,9-16)11-2-4-12(17)5-3-11/h2-5,7H,6,8-9H2,1H3. The summed E-state index contributed by atoms with van der Waals surface area (Å²) >= 11 is 15.0. The van der Waals surface area contributed by atoms with E-state index in [0.717, 1.165) is 27.8 Å². The zero-order valence-electron chi connectivity index (χ0n) is 10.5. The Morgan fingerprint density at radius 1 is 1.21 bits per heavy atom. The van der Waals surface area contributed by atoms with Gasteiger partial charge in [-0.3, -0.25) is 0 Å². The molecule has 0 amide bonds. The molecule has 19 heavy (non-hydrogen) atoms. The lowest BCUT2D eigenvalue weighted by Crippen LogP contribution is -2.32. The fourth-order valence-electron chi connectivity index (χ4n) is 1.96. The Morgan fingerprint density at radius 3 is 2.32 bits per heavy atom. The van der Waals surface area contributed by atoms with Gasteiger partial charge in [0.25, 0.3) is 0 Å². The molecule has 0 N–H and O–H groups in total. The molecule has 1 aromatic carbocycles. The number of aromatic nitrogens is 1. The van der Waals surface area contributed by atoms with Crippen molar-refractivity contribution < 1.29 is 0 Å². The topological polar surface area (TPSA) is 12.9 Å². The summed E-state index contributed by atoms with van der Waals surface area (Å²) in [4.78, 5) is 4.59. The Balaban J connectivity index is 2.33. The third-order valence-electron chi connectivity index (χ3n) is 3.12. The molecule has 0 aliphatic rings. The molecular formula is C14H14Br2ClNS. The number of thiazole rings is 1. The SMILES string of the molecule is Cc1csc(CC(CBr)(CBr)c2ccc(Cl)cc2)n1. The molecule has 0 spiro atoms. The van der Waals surface area contributed by atoms with Crippen molar-refractivity contribution in [3.63, 3.8) is 0 Å². The van der Waals surface area contributed by atoms with Crippen LogP contribution in [-0.2, 0) is 11.8 Å². The first-order chi connectivity index (χ1) is 9.09. The summed E-state index contributed by atoms with van der Waals surface area (Å²) in [5, 5.41) is 5.81. The number of hydrogen-bond acceptors (Lipinski definition) is 2. The van der Waals surface area contributed by atoms with Crippen LogP contribution in [0.2, 0.25) is 5.02 Å². The minimum absolute atomic E-state index is 0.00881. The highest BCUT2D eigenvalue weighted by atomic mass is 79.9. The van der Waals surface area contributed by atoms with Gasteiger partial charge in [-0.25, -0.2) is 4.98 Å². The molecule has 0 aliphatic carbocycles. The Labute approximate surface area is 139 Å². The van der Waals surface area contributed by atoms with E-state index in [-0.39, 0.29) is 5.41 Å². The molecule has 0 saturated heterocycles. The van der Waals surface area contributed by atoms with Crippen molar-refractivity contribution in [2.45, 2.75) is 18.8 Å². The fraction of sp³-hybridized carbons (Fsp3) is 0.357. The molecule has 0 radical (unpaired) electrons. The minimum Gasteiger partial charge on any atom is -0.247 e. The van der Waals surface area contributed by atoms with Crippen molar-refractivity contribution in [2.24, 2.45) is 0 Å². The molecule has 0 atom stereocenters. The molecule has 0 unspecified atom stereocenters. The number of aryl methyl sites for hydroxylation is 1. The molecule has 1 heterocycles. The molecule has 2 aromatic rings. The minimum atomic E-state index is 0.00881. The van der Waals surface area contributed by atoms with Crippen molar-refractivity contribution in [1.29, 1.82) is 0 Å². The highest BCUT2D eigenvalue weighted by molar-refractivity contribution is 9.09. The molecule has 5 heteroatoms. The summed E-state index contributed by atoms with van der Waals surface area (Å²) in [6.07, 6.45) is 0.920. The van der Waals surface area contributed by atoms with Crippen LogP contribution in [-0.4, -0.2) is 15.6 Å². The molecule has 0 aliphatic heterocycles. The first-order valence-corrected chi connectivity index (χ1v) is 9.39. The summed E-state index contributed by atoms with van der Waals surface area (Å²) < 4.78 is 0. The highest BCUT2D eigenvalue weighted by Gasteiger charge is 2.31. The Morgan fingerprint density at radius 2 is 1.84 bits per heavy atom. The van der Waals surface area contributed by atoms with Gasteiger partial charge in [0.1, 0.15) is 0 Å². The van der Waals surface area contributed by atoms with Crippen LogP contribution in [0.5, 0.6) is 0 Å². The van der Waals surface area contributed by atoms with Crippen molar-refractivity contribution in [3.05, 3.63) is 50.9 Å². The van der Waals surface area contributed by atoms with Crippen LogP contribution in [0.25, 0.3) is 0 Å². The van der Waals surface area contributed by atoms with Crippen molar-refractivity contribution >= 4 is 54.8 Å². The van der Waals surface area contributed by atoms with Crippen LogP contribution in [0.15, 0.2) is 29.6 Å². The molecule has 0 saturated carbocycles. The van der Waals surface area contributed by atoms with E-state index < -0.39 is 0 Å². The average Bonchev–Trinajstić information content (AvgIpc) is 2.82. The average molecular weight is 424 g/mol. The maximum atomic E-state index is 5.98. The van der Waals surface area contributed by atoms with E-state index in [1.807, 2.05) is 19.1 Å². The van der Waals surface area contributed by atoms with Crippen LogP contribution < -0.4 is 0 Å². The number of alkyl halides is 2.